The van der Waals surface area contributed by atoms with Gasteiger partial charge in [0, 0.05) is 58.0 Å². The van der Waals surface area contributed by atoms with E-state index < -0.39 is 0 Å². The summed E-state index contributed by atoms with van der Waals surface area (Å²) in [5.41, 5.74) is 4.11. The lowest BCUT2D eigenvalue weighted by Gasteiger charge is -2.38. The van der Waals surface area contributed by atoms with Crippen molar-refractivity contribution < 1.29 is 9.84 Å². The largest absolute Gasteiger partial charge is 0.390 e. The van der Waals surface area contributed by atoms with E-state index in [0.717, 1.165) is 65.6 Å². The second kappa shape index (κ2) is 8.30. The molecule has 0 radical (unpaired) electrons. The lowest BCUT2D eigenvalue weighted by Crippen LogP contribution is -2.51. The number of aliphatic hydroxyl groups is 1. The van der Waals surface area contributed by atoms with Crippen molar-refractivity contribution in [3.8, 4) is 0 Å². The zero-order chi connectivity index (χ0) is 16.9. The summed E-state index contributed by atoms with van der Waals surface area (Å²) < 4.78 is 5.36. The summed E-state index contributed by atoms with van der Waals surface area (Å²) in [6.07, 6.45) is -0.268. The molecule has 1 N–H and O–H groups in total. The van der Waals surface area contributed by atoms with Crippen molar-refractivity contribution >= 4 is 5.69 Å². The van der Waals surface area contributed by atoms with Crippen LogP contribution in [0.5, 0.6) is 0 Å². The lowest BCUT2D eigenvalue weighted by molar-refractivity contribution is 0.00656. The van der Waals surface area contributed by atoms with Crippen LogP contribution in [0.3, 0.4) is 0 Å². The molecule has 2 saturated heterocycles. The fourth-order valence-corrected chi connectivity index (χ4v) is 3.69. The van der Waals surface area contributed by atoms with Crippen LogP contribution in [0.2, 0.25) is 0 Å². The molecule has 2 fully saturated rings. The average molecular weight is 333 g/mol. The fourth-order valence-electron chi connectivity index (χ4n) is 3.69. The van der Waals surface area contributed by atoms with Gasteiger partial charge in [0.25, 0.3) is 0 Å². The van der Waals surface area contributed by atoms with Crippen LogP contribution >= 0.6 is 0 Å². The first kappa shape index (κ1) is 17.7. The van der Waals surface area contributed by atoms with Crippen LogP contribution in [-0.4, -0.2) is 86.6 Å². The number of nitrogens with zero attached hydrogens (tertiary/aromatic N) is 3. The molecular weight excluding hydrogens is 302 g/mol. The third kappa shape index (κ3) is 4.48. The van der Waals surface area contributed by atoms with Crippen molar-refractivity contribution in [3.63, 3.8) is 0 Å². The molecule has 0 saturated carbocycles. The molecule has 5 nitrogen and oxygen atoms in total. The molecule has 5 heteroatoms. The minimum absolute atomic E-state index is 0.268. The molecule has 2 aliphatic heterocycles. The van der Waals surface area contributed by atoms with Gasteiger partial charge in [-0.3, -0.25) is 9.80 Å². The molecule has 1 atom stereocenters. The summed E-state index contributed by atoms with van der Waals surface area (Å²) in [5, 5.41) is 10.4. The Morgan fingerprint density at radius 2 is 1.58 bits per heavy atom. The number of benzene rings is 1. The minimum atomic E-state index is -0.268. The van der Waals surface area contributed by atoms with Crippen LogP contribution in [-0.2, 0) is 4.74 Å². The Bertz CT molecular complexity index is 523. The van der Waals surface area contributed by atoms with E-state index in [1.165, 1.54) is 16.8 Å². The Labute approximate surface area is 145 Å². The zero-order valence-electron chi connectivity index (χ0n) is 15.1. The van der Waals surface area contributed by atoms with Gasteiger partial charge in [0.1, 0.15) is 0 Å². The molecule has 1 unspecified atom stereocenters. The van der Waals surface area contributed by atoms with Gasteiger partial charge in [-0.25, -0.2) is 0 Å². The third-order valence-electron chi connectivity index (χ3n) is 5.33. The fraction of sp³-hybridized carbons (Fsp3) is 0.684. The first-order valence-corrected chi connectivity index (χ1v) is 9.15. The molecule has 0 aromatic heterocycles. The second-order valence-corrected chi connectivity index (χ2v) is 7.07. The van der Waals surface area contributed by atoms with E-state index in [-0.39, 0.29) is 6.10 Å². The van der Waals surface area contributed by atoms with E-state index in [1.807, 2.05) is 0 Å². The Kier molecular flexibility index (Phi) is 6.11. The predicted octanol–water partition coefficient (Wildman–Crippen LogP) is 1.12. The number of anilines is 1. The molecule has 1 aromatic carbocycles. The highest BCUT2D eigenvalue weighted by Gasteiger charge is 2.22. The van der Waals surface area contributed by atoms with Gasteiger partial charge in [0.05, 0.1) is 19.3 Å². The molecule has 0 amide bonds. The predicted molar refractivity (Wildman–Crippen MR) is 97.8 cm³/mol. The molecule has 0 aliphatic carbocycles. The maximum Gasteiger partial charge on any atom is 0.0793 e. The first-order valence-electron chi connectivity index (χ1n) is 9.15. The molecule has 3 rings (SSSR count). The van der Waals surface area contributed by atoms with Crippen LogP contribution in [0.1, 0.15) is 11.1 Å². The van der Waals surface area contributed by atoms with Gasteiger partial charge in [0.2, 0.25) is 0 Å². The van der Waals surface area contributed by atoms with Gasteiger partial charge in [0.15, 0.2) is 0 Å². The van der Waals surface area contributed by atoms with E-state index in [9.17, 15) is 5.11 Å². The Morgan fingerprint density at radius 1 is 0.958 bits per heavy atom. The highest BCUT2D eigenvalue weighted by molar-refractivity contribution is 5.56. The highest BCUT2D eigenvalue weighted by atomic mass is 16.5. The quantitative estimate of drug-likeness (QED) is 0.874. The van der Waals surface area contributed by atoms with E-state index in [0.29, 0.717) is 0 Å². The third-order valence-corrected chi connectivity index (χ3v) is 5.33. The standard InChI is InChI=1S/C19H31N3O2/c1-16-4-3-5-19(17(16)2)22-8-6-20(7-9-22)14-18(23)15-21-10-12-24-13-11-21/h3-5,18,23H,6-15H2,1-2H3. The number of hydrogen-bond acceptors (Lipinski definition) is 5. The average Bonchev–Trinajstić information content (AvgIpc) is 2.59. The van der Waals surface area contributed by atoms with Gasteiger partial charge in [-0.15, -0.1) is 0 Å². The number of rotatable bonds is 5. The number of β-amino-alcohol motifs (C(OH)–C–C–N with tert-alkyl or cyclic N) is 1. The van der Waals surface area contributed by atoms with Crippen molar-refractivity contribution in [1.29, 1.82) is 0 Å². The van der Waals surface area contributed by atoms with E-state index in [1.54, 1.807) is 0 Å². The van der Waals surface area contributed by atoms with Crippen molar-refractivity contribution in [3.05, 3.63) is 29.3 Å². The monoisotopic (exact) mass is 333 g/mol. The molecule has 2 heterocycles. The van der Waals surface area contributed by atoms with Crippen LogP contribution in [0.15, 0.2) is 18.2 Å². The Balaban J connectivity index is 1.45. The Morgan fingerprint density at radius 3 is 2.25 bits per heavy atom. The van der Waals surface area contributed by atoms with Crippen molar-refractivity contribution in [2.24, 2.45) is 0 Å². The number of piperazine rings is 1. The number of aryl methyl sites for hydroxylation is 1. The molecule has 134 valence electrons. The van der Waals surface area contributed by atoms with E-state index in [4.69, 9.17) is 4.74 Å². The van der Waals surface area contributed by atoms with E-state index in [2.05, 4.69) is 46.7 Å². The van der Waals surface area contributed by atoms with Gasteiger partial charge in [-0.2, -0.15) is 0 Å². The first-order chi connectivity index (χ1) is 11.6. The minimum Gasteiger partial charge on any atom is -0.390 e. The highest BCUT2D eigenvalue weighted by Crippen LogP contribution is 2.23. The molecule has 1 aromatic rings. The normalized spacial score (nSPS) is 21.9. The molecule has 2 aliphatic rings. The van der Waals surface area contributed by atoms with Crippen molar-refractivity contribution in [2.45, 2.75) is 20.0 Å². The molecular formula is C19H31N3O2. The molecule has 0 spiro atoms. The molecule has 24 heavy (non-hydrogen) atoms. The van der Waals surface area contributed by atoms with Gasteiger partial charge >= 0.3 is 0 Å². The number of ether oxygens (including phenoxy) is 1. The van der Waals surface area contributed by atoms with Crippen molar-refractivity contribution in [2.75, 3.05) is 70.5 Å². The van der Waals surface area contributed by atoms with E-state index >= 15 is 0 Å². The van der Waals surface area contributed by atoms with Crippen LogP contribution < -0.4 is 4.90 Å². The van der Waals surface area contributed by atoms with Gasteiger partial charge in [-0.05, 0) is 31.0 Å². The van der Waals surface area contributed by atoms with Gasteiger partial charge < -0.3 is 14.7 Å². The topological polar surface area (TPSA) is 39.2 Å². The summed E-state index contributed by atoms with van der Waals surface area (Å²) in [5.74, 6) is 0. The maximum atomic E-state index is 10.4. The summed E-state index contributed by atoms with van der Waals surface area (Å²) in [6, 6.07) is 6.55. The summed E-state index contributed by atoms with van der Waals surface area (Å²) in [7, 11) is 0. The summed E-state index contributed by atoms with van der Waals surface area (Å²) in [4.78, 5) is 7.18. The van der Waals surface area contributed by atoms with Crippen molar-refractivity contribution in [1.82, 2.24) is 9.80 Å². The number of hydrogen-bond donors (Lipinski definition) is 1. The van der Waals surface area contributed by atoms with Crippen LogP contribution in [0.4, 0.5) is 5.69 Å². The lowest BCUT2D eigenvalue weighted by atomic mass is 10.1. The van der Waals surface area contributed by atoms with Gasteiger partial charge in [-0.1, -0.05) is 12.1 Å². The smallest absolute Gasteiger partial charge is 0.0793 e. The second-order valence-electron chi connectivity index (χ2n) is 7.07. The van der Waals surface area contributed by atoms with Crippen LogP contribution in [0.25, 0.3) is 0 Å². The number of aliphatic hydroxyl groups excluding tert-OH is 1. The maximum absolute atomic E-state index is 10.4. The molecule has 0 bridgehead atoms. The zero-order valence-corrected chi connectivity index (χ0v) is 15.1. The number of morpholine rings is 1. The summed E-state index contributed by atoms with van der Waals surface area (Å²) in [6.45, 7) is 13.5. The van der Waals surface area contributed by atoms with Crippen LogP contribution in [0, 0.1) is 13.8 Å². The Hall–Kier alpha value is -1.14. The SMILES string of the molecule is Cc1cccc(N2CCN(CC(O)CN3CCOCC3)CC2)c1C. The summed E-state index contributed by atoms with van der Waals surface area (Å²) >= 11 is 0.